The molecule has 4 heteroatoms. The van der Waals surface area contributed by atoms with Crippen molar-refractivity contribution >= 4 is 23.2 Å². The second-order valence-corrected chi connectivity index (χ2v) is 5.03. The van der Waals surface area contributed by atoms with Gasteiger partial charge in [0.05, 0.1) is 6.54 Å². The van der Waals surface area contributed by atoms with Crippen LogP contribution in [0, 0.1) is 0 Å². The van der Waals surface area contributed by atoms with Crippen LogP contribution in [0.25, 0.3) is 0 Å². The van der Waals surface area contributed by atoms with Gasteiger partial charge < -0.3 is 10.6 Å². The van der Waals surface area contributed by atoms with Crippen LogP contribution < -0.4 is 10.6 Å². The SMILES string of the molecule is N[C@@H]1C(=O)N(Cc2cccc(Cl)c2)c2ccccc21. The zero-order valence-corrected chi connectivity index (χ0v) is 11.0. The summed E-state index contributed by atoms with van der Waals surface area (Å²) < 4.78 is 0. The van der Waals surface area contributed by atoms with Gasteiger partial charge >= 0.3 is 0 Å². The Hall–Kier alpha value is -1.84. The molecule has 19 heavy (non-hydrogen) atoms. The summed E-state index contributed by atoms with van der Waals surface area (Å²) in [6.07, 6.45) is 0. The van der Waals surface area contributed by atoms with E-state index >= 15 is 0 Å². The molecule has 0 aromatic heterocycles. The number of nitrogens with zero attached hydrogens (tertiary/aromatic N) is 1. The van der Waals surface area contributed by atoms with Gasteiger partial charge in [-0.15, -0.1) is 0 Å². The molecule has 3 nitrogen and oxygen atoms in total. The molecule has 0 saturated carbocycles. The minimum Gasteiger partial charge on any atom is -0.316 e. The number of hydrogen-bond acceptors (Lipinski definition) is 2. The second-order valence-electron chi connectivity index (χ2n) is 4.59. The Kier molecular flexibility index (Phi) is 3.01. The minimum absolute atomic E-state index is 0.0684. The lowest BCUT2D eigenvalue weighted by Crippen LogP contribution is -2.31. The number of rotatable bonds is 2. The van der Waals surface area contributed by atoms with E-state index in [0.29, 0.717) is 11.6 Å². The van der Waals surface area contributed by atoms with Crippen molar-refractivity contribution in [2.24, 2.45) is 5.73 Å². The first-order valence-corrected chi connectivity index (χ1v) is 6.45. The van der Waals surface area contributed by atoms with Gasteiger partial charge in [-0.25, -0.2) is 0 Å². The second kappa shape index (κ2) is 4.68. The molecule has 96 valence electrons. The lowest BCUT2D eigenvalue weighted by molar-refractivity contribution is -0.119. The molecular formula is C15H13ClN2O. The van der Waals surface area contributed by atoms with Gasteiger partial charge in [-0.2, -0.15) is 0 Å². The van der Waals surface area contributed by atoms with Gasteiger partial charge in [-0.05, 0) is 23.8 Å². The monoisotopic (exact) mass is 272 g/mol. The van der Waals surface area contributed by atoms with Crippen LogP contribution in [0.1, 0.15) is 17.2 Å². The molecule has 3 rings (SSSR count). The van der Waals surface area contributed by atoms with Gasteiger partial charge in [0.2, 0.25) is 5.91 Å². The Morgan fingerprint density at radius 2 is 1.95 bits per heavy atom. The summed E-state index contributed by atoms with van der Waals surface area (Å²) in [4.78, 5) is 13.9. The Labute approximate surface area is 116 Å². The Bertz CT molecular complexity index is 642. The van der Waals surface area contributed by atoms with E-state index in [1.165, 1.54) is 0 Å². The number of anilines is 1. The molecule has 1 aliphatic rings. The van der Waals surface area contributed by atoms with Crippen LogP contribution in [0.5, 0.6) is 0 Å². The average Bonchev–Trinajstić information content (AvgIpc) is 2.65. The van der Waals surface area contributed by atoms with E-state index in [1.54, 1.807) is 4.90 Å². The first-order valence-electron chi connectivity index (χ1n) is 6.07. The number of carbonyl (C=O) groups excluding carboxylic acids is 1. The maximum atomic E-state index is 12.2. The third-order valence-corrected chi connectivity index (χ3v) is 3.56. The molecular weight excluding hydrogens is 260 g/mol. The van der Waals surface area contributed by atoms with Gasteiger partial charge in [-0.3, -0.25) is 4.79 Å². The zero-order chi connectivity index (χ0) is 13.4. The van der Waals surface area contributed by atoms with Crippen molar-refractivity contribution in [3.63, 3.8) is 0 Å². The number of carbonyl (C=O) groups is 1. The third kappa shape index (κ3) is 2.11. The van der Waals surface area contributed by atoms with Crippen LogP contribution >= 0.6 is 11.6 Å². The molecule has 1 aliphatic heterocycles. The molecule has 1 atom stereocenters. The van der Waals surface area contributed by atoms with Gasteiger partial charge in [0.15, 0.2) is 0 Å². The molecule has 0 fully saturated rings. The van der Waals surface area contributed by atoms with Crippen molar-refractivity contribution in [1.29, 1.82) is 0 Å². The first kappa shape index (κ1) is 12.2. The minimum atomic E-state index is -0.560. The van der Waals surface area contributed by atoms with Gasteiger partial charge in [-0.1, -0.05) is 41.9 Å². The molecule has 0 spiro atoms. The van der Waals surface area contributed by atoms with Crippen LogP contribution in [0.3, 0.4) is 0 Å². The summed E-state index contributed by atoms with van der Waals surface area (Å²) in [5.74, 6) is -0.0684. The fraction of sp³-hybridized carbons (Fsp3) is 0.133. The van der Waals surface area contributed by atoms with E-state index in [2.05, 4.69) is 0 Å². The van der Waals surface area contributed by atoms with Gasteiger partial charge in [0.1, 0.15) is 6.04 Å². The van der Waals surface area contributed by atoms with Crippen LogP contribution in [0.2, 0.25) is 5.02 Å². The quantitative estimate of drug-likeness (QED) is 0.914. The lowest BCUT2D eigenvalue weighted by Gasteiger charge is -2.17. The summed E-state index contributed by atoms with van der Waals surface area (Å²) >= 11 is 5.97. The average molecular weight is 273 g/mol. The van der Waals surface area contributed by atoms with Crippen molar-refractivity contribution in [3.8, 4) is 0 Å². The fourth-order valence-corrected chi connectivity index (χ4v) is 2.61. The van der Waals surface area contributed by atoms with Gasteiger partial charge in [0, 0.05) is 16.3 Å². The van der Waals surface area contributed by atoms with Crippen LogP contribution in [0.15, 0.2) is 48.5 Å². The van der Waals surface area contributed by atoms with E-state index in [4.69, 9.17) is 17.3 Å². The molecule has 0 unspecified atom stereocenters. The van der Waals surface area contributed by atoms with Crippen molar-refractivity contribution < 1.29 is 4.79 Å². The third-order valence-electron chi connectivity index (χ3n) is 3.32. The predicted molar refractivity (Wildman–Crippen MR) is 76.0 cm³/mol. The largest absolute Gasteiger partial charge is 0.316 e. The van der Waals surface area contributed by atoms with E-state index in [-0.39, 0.29) is 5.91 Å². The van der Waals surface area contributed by atoms with Crippen LogP contribution in [-0.4, -0.2) is 5.91 Å². The van der Waals surface area contributed by atoms with Crippen molar-refractivity contribution in [3.05, 3.63) is 64.7 Å². The summed E-state index contributed by atoms with van der Waals surface area (Å²) in [7, 11) is 0. The number of benzene rings is 2. The van der Waals surface area contributed by atoms with Crippen molar-refractivity contribution in [2.45, 2.75) is 12.6 Å². The molecule has 1 heterocycles. The predicted octanol–water partition coefficient (Wildman–Crippen LogP) is 2.89. The van der Waals surface area contributed by atoms with Gasteiger partial charge in [0.25, 0.3) is 0 Å². The van der Waals surface area contributed by atoms with Crippen molar-refractivity contribution in [1.82, 2.24) is 0 Å². The maximum Gasteiger partial charge on any atom is 0.248 e. The van der Waals surface area contributed by atoms with E-state index < -0.39 is 6.04 Å². The number of halogens is 1. The normalized spacial score (nSPS) is 17.7. The summed E-state index contributed by atoms with van der Waals surface area (Å²) in [5.41, 5.74) is 8.71. The molecule has 2 aromatic carbocycles. The standard InChI is InChI=1S/C15H13ClN2O/c16-11-5-3-4-10(8-11)9-18-13-7-2-1-6-12(13)14(17)15(18)19/h1-8,14H,9,17H2/t14-/m0/s1. The molecule has 0 aliphatic carbocycles. The summed E-state index contributed by atoms with van der Waals surface area (Å²) in [6, 6.07) is 14.6. The molecule has 1 amide bonds. The Balaban J connectivity index is 1.95. The summed E-state index contributed by atoms with van der Waals surface area (Å²) in [6.45, 7) is 0.490. The lowest BCUT2D eigenvalue weighted by atomic mass is 10.1. The van der Waals surface area contributed by atoms with E-state index in [1.807, 2.05) is 48.5 Å². The highest BCUT2D eigenvalue weighted by atomic mass is 35.5. The highest BCUT2D eigenvalue weighted by Gasteiger charge is 2.34. The number of amides is 1. The highest BCUT2D eigenvalue weighted by molar-refractivity contribution is 6.30. The number of fused-ring (bicyclic) bond motifs is 1. The molecule has 0 saturated heterocycles. The molecule has 2 aromatic rings. The van der Waals surface area contributed by atoms with E-state index in [0.717, 1.165) is 16.8 Å². The first-order chi connectivity index (χ1) is 9.16. The van der Waals surface area contributed by atoms with Crippen LogP contribution in [-0.2, 0) is 11.3 Å². The fourth-order valence-electron chi connectivity index (χ4n) is 2.40. The summed E-state index contributed by atoms with van der Waals surface area (Å²) in [5, 5.41) is 0.668. The zero-order valence-electron chi connectivity index (χ0n) is 10.2. The molecule has 0 radical (unpaired) electrons. The smallest absolute Gasteiger partial charge is 0.248 e. The Morgan fingerprint density at radius 1 is 1.16 bits per heavy atom. The maximum absolute atomic E-state index is 12.2. The van der Waals surface area contributed by atoms with Crippen molar-refractivity contribution in [2.75, 3.05) is 4.90 Å². The molecule has 0 bridgehead atoms. The Morgan fingerprint density at radius 3 is 2.74 bits per heavy atom. The highest BCUT2D eigenvalue weighted by Crippen LogP contribution is 2.35. The van der Waals surface area contributed by atoms with E-state index in [9.17, 15) is 4.79 Å². The number of para-hydroxylation sites is 1. The number of hydrogen-bond donors (Lipinski definition) is 1. The number of nitrogens with two attached hydrogens (primary N) is 1. The topological polar surface area (TPSA) is 46.3 Å². The molecule has 2 N–H and O–H groups in total. The van der Waals surface area contributed by atoms with Crippen LogP contribution in [0.4, 0.5) is 5.69 Å².